The minimum absolute atomic E-state index is 0.0125. The van der Waals surface area contributed by atoms with Crippen molar-refractivity contribution in [1.29, 1.82) is 0 Å². The van der Waals surface area contributed by atoms with E-state index in [4.69, 9.17) is 0 Å². The van der Waals surface area contributed by atoms with Gasteiger partial charge in [-0.1, -0.05) is 28.1 Å². The van der Waals surface area contributed by atoms with E-state index in [-0.39, 0.29) is 5.91 Å². The van der Waals surface area contributed by atoms with Crippen molar-refractivity contribution in [2.24, 2.45) is 0 Å². The molecule has 1 amide bonds. The highest BCUT2D eigenvalue weighted by Gasteiger charge is 2.03. The first kappa shape index (κ1) is 14.2. The van der Waals surface area contributed by atoms with Crippen molar-refractivity contribution in [2.45, 2.75) is 11.8 Å². The van der Waals surface area contributed by atoms with Gasteiger partial charge in [-0.15, -0.1) is 11.8 Å². The van der Waals surface area contributed by atoms with Crippen LogP contribution < -0.4 is 5.32 Å². The topological polar surface area (TPSA) is 29.1 Å². The fourth-order valence-corrected chi connectivity index (χ4v) is 2.56. The molecule has 2 aromatic carbocycles. The molecule has 0 radical (unpaired) electrons. The van der Waals surface area contributed by atoms with Gasteiger partial charge in [-0.25, -0.2) is 0 Å². The average molecular weight is 336 g/mol. The smallest absolute Gasteiger partial charge is 0.234 e. The molecule has 0 atom stereocenters. The summed E-state index contributed by atoms with van der Waals surface area (Å²) in [4.78, 5) is 12.9. The Bertz CT molecular complexity index is 569. The number of halogens is 1. The van der Waals surface area contributed by atoms with E-state index in [1.165, 1.54) is 11.8 Å². The molecule has 0 aromatic heterocycles. The highest BCUT2D eigenvalue weighted by Crippen LogP contribution is 2.20. The third-order valence-corrected chi connectivity index (χ3v) is 4.03. The van der Waals surface area contributed by atoms with Crippen LogP contribution in [0.3, 0.4) is 0 Å². The molecule has 0 fully saturated rings. The van der Waals surface area contributed by atoms with Crippen molar-refractivity contribution < 1.29 is 4.79 Å². The number of hydrogen-bond donors (Lipinski definition) is 1. The first-order chi connectivity index (χ1) is 9.13. The maximum Gasteiger partial charge on any atom is 0.234 e. The van der Waals surface area contributed by atoms with Crippen LogP contribution in [0.15, 0.2) is 57.9 Å². The molecule has 19 heavy (non-hydrogen) atoms. The number of hydrogen-bond acceptors (Lipinski definition) is 2. The summed E-state index contributed by atoms with van der Waals surface area (Å²) in [7, 11) is 0. The fraction of sp³-hybridized carbons (Fsp3) is 0.133. The van der Waals surface area contributed by atoms with Gasteiger partial charge in [0.1, 0.15) is 0 Å². The zero-order valence-corrected chi connectivity index (χ0v) is 12.9. The van der Waals surface area contributed by atoms with Crippen molar-refractivity contribution >= 4 is 39.3 Å². The molecule has 4 heteroatoms. The molecule has 0 aliphatic rings. The summed E-state index contributed by atoms with van der Waals surface area (Å²) in [5, 5.41) is 2.90. The molecule has 0 heterocycles. The Morgan fingerprint density at radius 3 is 2.63 bits per heavy atom. The van der Waals surface area contributed by atoms with Crippen molar-refractivity contribution in [3.63, 3.8) is 0 Å². The molecule has 2 aromatic rings. The van der Waals surface area contributed by atoms with E-state index in [2.05, 4.69) is 21.2 Å². The monoisotopic (exact) mass is 335 g/mol. The maximum absolute atomic E-state index is 11.8. The van der Waals surface area contributed by atoms with Crippen LogP contribution in [0.4, 0.5) is 5.69 Å². The molecule has 0 saturated carbocycles. The maximum atomic E-state index is 11.8. The Labute approximate surface area is 125 Å². The highest BCUT2D eigenvalue weighted by atomic mass is 79.9. The molecule has 0 unspecified atom stereocenters. The number of nitrogens with one attached hydrogen (secondary N) is 1. The summed E-state index contributed by atoms with van der Waals surface area (Å²) in [6.07, 6.45) is 0. The molecule has 0 aliphatic heterocycles. The van der Waals surface area contributed by atoms with E-state index in [9.17, 15) is 4.79 Å². The Kier molecular flexibility index (Phi) is 5.05. The van der Waals surface area contributed by atoms with E-state index < -0.39 is 0 Å². The molecule has 0 aliphatic carbocycles. The zero-order chi connectivity index (χ0) is 13.7. The van der Waals surface area contributed by atoms with Gasteiger partial charge in [0.15, 0.2) is 0 Å². The summed E-state index contributed by atoms with van der Waals surface area (Å²) >= 11 is 4.92. The number of aryl methyl sites for hydroxylation is 1. The number of carbonyl (C=O) groups excluding carboxylic acids is 1. The second-order valence-corrected chi connectivity index (χ2v) is 6.12. The Hall–Kier alpha value is -1.26. The average Bonchev–Trinajstić information content (AvgIpc) is 2.38. The lowest BCUT2D eigenvalue weighted by Crippen LogP contribution is -2.13. The van der Waals surface area contributed by atoms with Crippen LogP contribution in [0.5, 0.6) is 0 Å². The molecule has 1 N–H and O–H groups in total. The second-order valence-electron chi connectivity index (χ2n) is 4.16. The highest BCUT2D eigenvalue weighted by molar-refractivity contribution is 9.10. The number of rotatable bonds is 4. The van der Waals surface area contributed by atoms with Crippen LogP contribution in [-0.2, 0) is 4.79 Å². The fourth-order valence-electron chi connectivity index (χ4n) is 1.60. The molecule has 98 valence electrons. The van der Waals surface area contributed by atoms with E-state index in [0.717, 1.165) is 20.6 Å². The normalized spacial score (nSPS) is 10.2. The van der Waals surface area contributed by atoms with E-state index in [1.54, 1.807) is 0 Å². The Balaban J connectivity index is 1.86. The predicted molar refractivity (Wildman–Crippen MR) is 84.7 cm³/mol. The standard InChI is InChI=1S/C15H14BrNOS/c1-11-3-2-4-13(9-11)17-15(18)10-19-14-7-5-12(16)6-8-14/h2-9H,10H2,1H3,(H,17,18). The van der Waals surface area contributed by atoms with Crippen molar-refractivity contribution in [3.05, 3.63) is 58.6 Å². The summed E-state index contributed by atoms with van der Waals surface area (Å²) in [6.45, 7) is 2.01. The van der Waals surface area contributed by atoms with Gasteiger partial charge in [-0.3, -0.25) is 4.79 Å². The SMILES string of the molecule is Cc1cccc(NC(=O)CSc2ccc(Br)cc2)c1. The third-order valence-electron chi connectivity index (χ3n) is 2.49. The van der Waals surface area contributed by atoms with E-state index in [0.29, 0.717) is 5.75 Å². The largest absolute Gasteiger partial charge is 0.325 e. The van der Waals surface area contributed by atoms with Gasteiger partial charge in [0.2, 0.25) is 5.91 Å². The number of carbonyl (C=O) groups is 1. The Morgan fingerprint density at radius 2 is 1.95 bits per heavy atom. The van der Waals surface area contributed by atoms with Crippen LogP contribution in [0.2, 0.25) is 0 Å². The lowest BCUT2D eigenvalue weighted by atomic mass is 10.2. The minimum atomic E-state index is 0.0125. The van der Waals surface area contributed by atoms with Crippen LogP contribution >= 0.6 is 27.7 Å². The van der Waals surface area contributed by atoms with Crippen LogP contribution in [0, 0.1) is 6.92 Å². The van der Waals surface area contributed by atoms with Crippen molar-refractivity contribution in [3.8, 4) is 0 Å². The van der Waals surface area contributed by atoms with Crippen molar-refractivity contribution in [2.75, 3.05) is 11.1 Å². The lowest BCUT2D eigenvalue weighted by molar-refractivity contribution is -0.113. The van der Waals surface area contributed by atoms with Gasteiger partial charge in [0.25, 0.3) is 0 Å². The molecular formula is C15H14BrNOS. The van der Waals surface area contributed by atoms with Gasteiger partial charge >= 0.3 is 0 Å². The molecule has 2 nitrogen and oxygen atoms in total. The molecule has 0 spiro atoms. The summed E-state index contributed by atoms with van der Waals surface area (Å²) in [6, 6.07) is 15.7. The first-order valence-corrected chi connectivity index (χ1v) is 7.66. The van der Waals surface area contributed by atoms with Gasteiger partial charge in [0, 0.05) is 15.1 Å². The number of benzene rings is 2. The van der Waals surface area contributed by atoms with E-state index >= 15 is 0 Å². The molecular weight excluding hydrogens is 322 g/mol. The summed E-state index contributed by atoms with van der Waals surface area (Å²) in [5.41, 5.74) is 1.99. The number of anilines is 1. The van der Waals surface area contributed by atoms with Crippen LogP contribution in [-0.4, -0.2) is 11.7 Å². The third kappa shape index (κ3) is 4.73. The zero-order valence-electron chi connectivity index (χ0n) is 10.5. The number of amides is 1. The quantitative estimate of drug-likeness (QED) is 0.834. The van der Waals surface area contributed by atoms with E-state index in [1.807, 2.05) is 55.5 Å². The van der Waals surface area contributed by atoms with Gasteiger partial charge < -0.3 is 5.32 Å². The molecule has 0 bridgehead atoms. The molecule has 0 saturated heterocycles. The van der Waals surface area contributed by atoms with Crippen molar-refractivity contribution in [1.82, 2.24) is 0 Å². The molecule has 2 rings (SSSR count). The summed E-state index contributed by atoms with van der Waals surface area (Å²) < 4.78 is 1.04. The van der Waals surface area contributed by atoms with Gasteiger partial charge in [0.05, 0.1) is 5.75 Å². The lowest BCUT2D eigenvalue weighted by Gasteiger charge is -2.06. The minimum Gasteiger partial charge on any atom is -0.325 e. The number of thioether (sulfide) groups is 1. The summed E-state index contributed by atoms with van der Waals surface area (Å²) in [5.74, 6) is 0.425. The second kappa shape index (κ2) is 6.78. The van der Waals surface area contributed by atoms with Gasteiger partial charge in [-0.2, -0.15) is 0 Å². The predicted octanol–water partition coefficient (Wildman–Crippen LogP) is 4.49. The first-order valence-electron chi connectivity index (χ1n) is 5.88. The van der Waals surface area contributed by atoms with Gasteiger partial charge in [-0.05, 0) is 48.9 Å². The van der Waals surface area contributed by atoms with Crippen LogP contribution in [0.25, 0.3) is 0 Å². The van der Waals surface area contributed by atoms with Crippen LogP contribution in [0.1, 0.15) is 5.56 Å². The Morgan fingerprint density at radius 1 is 1.21 bits per heavy atom.